The summed E-state index contributed by atoms with van der Waals surface area (Å²) in [4.78, 5) is 15.8. The number of nitrogens with one attached hydrogen (secondary N) is 1. The van der Waals surface area contributed by atoms with Crippen LogP contribution in [0.3, 0.4) is 0 Å². The van der Waals surface area contributed by atoms with Crippen molar-refractivity contribution in [1.29, 1.82) is 0 Å². The lowest BCUT2D eigenvalue weighted by Crippen LogP contribution is -2.33. The largest absolute Gasteiger partial charge is 0.378 e. The van der Waals surface area contributed by atoms with Gasteiger partial charge in [-0.05, 0) is 19.3 Å². The highest BCUT2D eigenvalue weighted by Crippen LogP contribution is 2.17. The van der Waals surface area contributed by atoms with Gasteiger partial charge in [0, 0.05) is 31.4 Å². The number of imidazole rings is 1. The highest BCUT2D eigenvalue weighted by Gasteiger charge is 2.17. The van der Waals surface area contributed by atoms with Gasteiger partial charge in [0.2, 0.25) is 5.91 Å². The maximum absolute atomic E-state index is 11.8. The first-order valence-electron chi connectivity index (χ1n) is 6.82. The number of hydrogen-bond acceptors (Lipinski definition) is 3. The molecule has 0 aromatic carbocycles. The standard InChI is InChI=1S/C14H21N3O2/c18-14(13-4-2-1-3-5-13)16-7-10-19-11-9-17-8-6-15-12-17/h1-2,6,8,12-13H,3-5,7,9-11H2,(H,16,18)/t13-/m1/s1. The van der Waals surface area contributed by atoms with Gasteiger partial charge in [0.05, 0.1) is 19.5 Å². The van der Waals surface area contributed by atoms with Crippen LogP contribution in [0.25, 0.3) is 0 Å². The van der Waals surface area contributed by atoms with Gasteiger partial charge in [-0.3, -0.25) is 4.79 Å². The molecule has 104 valence electrons. The number of hydrogen-bond donors (Lipinski definition) is 1. The lowest BCUT2D eigenvalue weighted by atomic mass is 9.94. The average Bonchev–Trinajstić information content (AvgIpc) is 2.96. The second-order valence-electron chi connectivity index (χ2n) is 4.69. The second kappa shape index (κ2) is 7.74. The Morgan fingerprint density at radius 2 is 2.37 bits per heavy atom. The van der Waals surface area contributed by atoms with Gasteiger partial charge in [0.15, 0.2) is 0 Å². The van der Waals surface area contributed by atoms with Crippen molar-refractivity contribution in [3.8, 4) is 0 Å². The van der Waals surface area contributed by atoms with Crippen molar-refractivity contribution in [3.63, 3.8) is 0 Å². The molecule has 0 aliphatic heterocycles. The third kappa shape index (κ3) is 4.87. The zero-order valence-corrected chi connectivity index (χ0v) is 11.1. The van der Waals surface area contributed by atoms with Crippen LogP contribution in [0.2, 0.25) is 0 Å². The lowest BCUT2D eigenvalue weighted by molar-refractivity contribution is -0.125. The van der Waals surface area contributed by atoms with Crippen molar-refractivity contribution in [2.45, 2.75) is 25.8 Å². The molecule has 0 spiro atoms. The summed E-state index contributed by atoms with van der Waals surface area (Å²) in [5, 5.41) is 2.93. The normalized spacial score (nSPS) is 18.4. The number of ether oxygens (including phenoxy) is 1. The molecule has 1 aromatic heterocycles. The third-order valence-electron chi connectivity index (χ3n) is 3.24. The first kappa shape index (κ1) is 13.8. The highest BCUT2D eigenvalue weighted by molar-refractivity contribution is 5.78. The van der Waals surface area contributed by atoms with Gasteiger partial charge in [0.25, 0.3) is 0 Å². The molecule has 0 bridgehead atoms. The molecular weight excluding hydrogens is 242 g/mol. The average molecular weight is 263 g/mol. The van der Waals surface area contributed by atoms with Gasteiger partial charge in [-0.2, -0.15) is 0 Å². The van der Waals surface area contributed by atoms with Crippen LogP contribution in [0.5, 0.6) is 0 Å². The summed E-state index contributed by atoms with van der Waals surface area (Å²) in [6.45, 7) is 2.58. The Labute approximate surface area is 113 Å². The van der Waals surface area contributed by atoms with E-state index in [4.69, 9.17) is 4.74 Å². The predicted octanol–water partition coefficient (Wildman–Crippen LogP) is 1.37. The molecular formula is C14H21N3O2. The number of allylic oxidation sites excluding steroid dienone is 2. The fraction of sp³-hybridized carbons (Fsp3) is 0.571. The summed E-state index contributed by atoms with van der Waals surface area (Å²) in [5.74, 6) is 0.304. The minimum absolute atomic E-state index is 0.149. The highest BCUT2D eigenvalue weighted by atomic mass is 16.5. The number of amides is 1. The second-order valence-corrected chi connectivity index (χ2v) is 4.69. The number of nitrogens with zero attached hydrogens (tertiary/aromatic N) is 2. The van der Waals surface area contributed by atoms with Crippen molar-refractivity contribution in [1.82, 2.24) is 14.9 Å². The smallest absolute Gasteiger partial charge is 0.223 e. The fourth-order valence-corrected chi connectivity index (χ4v) is 2.11. The van der Waals surface area contributed by atoms with Crippen molar-refractivity contribution in [2.24, 2.45) is 5.92 Å². The summed E-state index contributed by atoms with van der Waals surface area (Å²) in [6.07, 6.45) is 12.5. The molecule has 0 fully saturated rings. The molecule has 1 heterocycles. The molecule has 1 aliphatic rings. The van der Waals surface area contributed by atoms with Crippen LogP contribution in [0.4, 0.5) is 0 Å². The number of carbonyl (C=O) groups is 1. The van der Waals surface area contributed by atoms with E-state index < -0.39 is 0 Å². The molecule has 0 saturated heterocycles. The molecule has 1 atom stereocenters. The molecule has 0 radical (unpaired) electrons. The Hall–Kier alpha value is -1.62. The van der Waals surface area contributed by atoms with Crippen LogP contribution < -0.4 is 5.32 Å². The Morgan fingerprint density at radius 3 is 3.11 bits per heavy atom. The molecule has 1 N–H and O–H groups in total. The van der Waals surface area contributed by atoms with Gasteiger partial charge in [-0.25, -0.2) is 4.98 Å². The van der Waals surface area contributed by atoms with Crippen LogP contribution in [-0.4, -0.2) is 35.2 Å². The van der Waals surface area contributed by atoms with Gasteiger partial charge in [0.1, 0.15) is 0 Å². The summed E-state index contributed by atoms with van der Waals surface area (Å²) in [6, 6.07) is 0. The number of aromatic nitrogens is 2. The van der Waals surface area contributed by atoms with Crippen molar-refractivity contribution in [2.75, 3.05) is 19.8 Å². The molecule has 5 nitrogen and oxygen atoms in total. The van der Waals surface area contributed by atoms with E-state index in [-0.39, 0.29) is 11.8 Å². The summed E-state index contributed by atoms with van der Waals surface area (Å²) in [5.41, 5.74) is 0. The summed E-state index contributed by atoms with van der Waals surface area (Å²) >= 11 is 0. The molecule has 5 heteroatoms. The van der Waals surface area contributed by atoms with E-state index >= 15 is 0 Å². The van der Waals surface area contributed by atoms with E-state index in [0.29, 0.717) is 19.8 Å². The molecule has 1 amide bonds. The number of rotatable bonds is 7. The van der Waals surface area contributed by atoms with Crippen LogP contribution in [0, 0.1) is 5.92 Å². The van der Waals surface area contributed by atoms with Crippen molar-refractivity contribution >= 4 is 5.91 Å². The summed E-state index contributed by atoms with van der Waals surface area (Å²) < 4.78 is 7.43. The monoisotopic (exact) mass is 263 g/mol. The first-order valence-corrected chi connectivity index (χ1v) is 6.82. The fourth-order valence-electron chi connectivity index (χ4n) is 2.11. The number of carbonyl (C=O) groups excluding carboxylic acids is 1. The maximum atomic E-state index is 11.8. The van der Waals surface area contributed by atoms with Crippen LogP contribution in [-0.2, 0) is 16.1 Å². The Bertz CT molecular complexity index is 401. The lowest BCUT2D eigenvalue weighted by Gasteiger charge is -2.17. The molecule has 19 heavy (non-hydrogen) atoms. The Kier molecular flexibility index (Phi) is 5.62. The van der Waals surface area contributed by atoms with Crippen molar-refractivity contribution in [3.05, 3.63) is 30.9 Å². The van der Waals surface area contributed by atoms with Gasteiger partial charge in [-0.1, -0.05) is 12.2 Å². The minimum Gasteiger partial charge on any atom is -0.378 e. The predicted molar refractivity (Wildman–Crippen MR) is 72.5 cm³/mol. The summed E-state index contributed by atoms with van der Waals surface area (Å²) in [7, 11) is 0. The van der Waals surface area contributed by atoms with E-state index in [1.54, 1.807) is 12.5 Å². The van der Waals surface area contributed by atoms with E-state index in [1.165, 1.54) is 0 Å². The minimum atomic E-state index is 0.149. The van der Waals surface area contributed by atoms with Crippen LogP contribution in [0.15, 0.2) is 30.9 Å². The van der Waals surface area contributed by atoms with E-state index in [0.717, 1.165) is 25.8 Å². The maximum Gasteiger partial charge on any atom is 0.223 e. The zero-order chi connectivity index (χ0) is 13.3. The van der Waals surface area contributed by atoms with Gasteiger partial charge in [-0.15, -0.1) is 0 Å². The molecule has 1 aromatic rings. The molecule has 0 saturated carbocycles. The Morgan fingerprint density at radius 1 is 1.42 bits per heavy atom. The molecule has 1 aliphatic carbocycles. The molecule has 2 rings (SSSR count). The van der Waals surface area contributed by atoms with E-state index in [9.17, 15) is 4.79 Å². The molecule has 0 unspecified atom stereocenters. The SMILES string of the molecule is O=C(NCCOCCn1ccnc1)[C@@H]1CC=CCC1. The van der Waals surface area contributed by atoms with Gasteiger partial charge >= 0.3 is 0 Å². The van der Waals surface area contributed by atoms with Crippen LogP contribution in [0.1, 0.15) is 19.3 Å². The van der Waals surface area contributed by atoms with E-state index in [1.807, 2.05) is 10.8 Å². The topological polar surface area (TPSA) is 56.1 Å². The van der Waals surface area contributed by atoms with E-state index in [2.05, 4.69) is 22.5 Å². The van der Waals surface area contributed by atoms with Gasteiger partial charge < -0.3 is 14.6 Å². The quantitative estimate of drug-likeness (QED) is 0.597. The zero-order valence-electron chi connectivity index (χ0n) is 11.1. The Balaban J connectivity index is 1.49. The van der Waals surface area contributed by atoms with Crippen LogP contribution >= 0.6 is 0 Å². The third-order valence-corrected chi connectivity index (χ3v) is 3.24. The van der Waals surface area contributed by atoms with Crippen molar-refractivity contribution < 1.29 is 9.53 Å². The first-order chi connectivity index (χ1) is 9.36.